The molecule has 2 bridgehead atoms. The minimum absolute atomic E-state index is 0.347. The molecule has 3 fully saturated rings. The number of hydrogen-bond donors (Lipinski definition) is 2. The van der Waals surface area contributed by atoms with E-state index in [9.17, 15) is 8.42 Å². The average Bonchev–Trinajstić information content (AvgIpc) is 2.54. The molecule has 1 aromatic rings. The second-order valence-electron chi connectivity index (χ2n) is 6.16. The van der Waals surface area contributed by atoms with Gasteiger partial charge in [-0.2, -0.15) is 0 Å². The van der Waals surface area contributed by atoms with Crippen molar-refractivity contribution in [1.82, 2.24) is 4.72 Å². The zero-order valence-corrected chi connectivity index (χ0v) is 13.0. The smallest absolute Gasteiger partial charge is 0.240 e. The van der Waals surface area contributed by atoms with E-state index in [-0.39, 0.29) is 0 Å². The van der Waals surface area contributed by atoms with Gasteiger partial charge in [0.2, 0.25) is 10.0 Å². The van der Waals surface area contributed by atoms with Gasteiger partial charge >= 0.3 is 0 Å². The van der Waals surface area contributed by atoms with Crippen molar-refractivity contribution in [2.75, 3.05) is 19.6 Å². The number of sulfonamides is 1. The third kappa shape index (κ3) is 3.05. The molecule has 3 saturated heterocycles. The molecule has 1 unspecified atom stereocenters. The van der Waals surface area contributed by atoms with Gasteiger partial charge in [-0.25, -0.2) is 13.1 Å². The Morgan fingerprint density at radius 2 is 2.10 bits per heavy atom. The Bertz CT molecular complexity index is 600. The quantitative estimate of drug-likeness (QED) is 0.776. The van der Waals surface area contributed by atoms with Crippen LogP contribution in [0.25, 0.3) is 0 Å². The van der Waals surface area contributed by atoms with Crippen LogP contribution in [0.5, 0.6) is 0 Å². The van der Waals surface area contributed by atoms with Gasteiger partial charge in [-0.3, -0.25) is 0 Å². The molecule has 2 N–H and O–H groups in total. The van der Waals surface area contributed by atoms with Crippen molar-refractivity contribution in [1.29, 1.82) is 0 Å². The summed E-state index contributed by atoms with van der Waals surface area (Å²) < 4.78 is 27.3. The standard InChI is InChI=1S/C16H22N2O2S/c1-2-13-12-18-9-8-14(13)10-15(18)11-17-21(19,20)16-6-4-3-5-7-16/h2-7,13-15,17H,1,8-12H2/p+1/t13-,14-,15+/m0/s1. The Morgan fingerprint density at radius 3 is 2.71 bits per heavy atom. The summed E-state index contributed by atoms with van der Waals surface area (Å²) in [4.78, 5) is 1.87. The summed E-state index contributed by atoms with van der Waals surface area (Å²) in [5.41, 5.74) is 0. The Kier molecular flexibility index (Phi) is 4.15. The molecular formula is C16H23N2O2S+. The highest BCUT2D eigenvalue weighted by Crippen LogP contribution is 2.27. The van der Waals surface area contributed by atoms with Crippen molar-refractivity contribution in [3.8, 4) is 0 Å². The number of quaternary nitrogens is 1. The van der Waals surface area contributed by atoms with E-state index in [1.165, 1.54) is 11.3 Å². The predicted octanol–water partition coefficient (Wildman–Crippen LogP) is 0.444. The van der Waals surface area contributed by atoms with E-state index < -0.39 is 10.0 Å². The average molecular weight is 307 g/mol. The SMILES string of the molecule is C=C[C@H]1C[NH+]2CC[C@H]1C[C@@H]2CNS(=O)(=O)c1ccccc1. The second-order valence-corrected chi connectivity index (χ2v) is 7.93. The van der Waals surface area contributed by atoms with Crippen LogP contribution in [-0.4, -0.2) is 34.1 Å². The van der Waals surface area contributed by atoms with Crippen LogP contribution in [0.15, 0.2) is 47.9 Å². The summed E-state index contributed by atoms with van der Waals surface area (Å²) in [7, 11) is -3.38. The van der Waals surface area contributed by atoms with E-state index in [1.54, 1.807) is 24.3 Å². The van der Waals surface area contributed by atoms with Crippen LogP contribution in [0.4, 0.5) is 0 Å². The summed E-state index contributed by atoms with van der Waals surface area (Å²) >= 11 is 0. The molecule has 114 valence electrons. The van der Waals surface area contributed by atoms with Crippen LogP contribution in [0.1, 0.15) is 12.8 Å². The van der Waals surface area contributed by atoms with Crippen LogP contribution in [-0.2, 0) is 10.0 Å². The third-order valence-corrected chi connectivity index (χ3v) is 6.42. The number of nitrogens with one attached hydrogen (secondary N) is 2. The minimum atomic E-state index is -3.38. The molecule has 1 aromatic carbocycles. The van der Waals surface area contributed by atoms with Gasteiger partial charge in [-0.15, -0.1) is 6.58 Å². The van der Waals surface area contributed by atoms with Crippen molar-refractivity contribution in [2.24, 2.45) is 11.8 Å². The van der Waals surface area contributed by atoms with Gasteiger partial charge in [-0.1, -0.05) is 24.3 Å². The van der Waals surface area contributed by atoms with Gasteiger partial charge in [0.1, 0.15) is 6.04 Å². The molecule has 4 rings (SSSR count). The van der Waals surface area contributed by atoms with Crippen LogP contribution < -0.4 is 9.62 Å². The Hall–Kier alpha value is -1.17. The number of hydrogen-bond acceptors (Lipinski definition) is 2. The van der Waals surface area contributed by atoms with Crippen LogP contribution in [0.3, 0.4) is 0 Å². The monoisotopic (exact) mass is 307 g/mol. The van der Waals surface area contributed by atoms with Crippen molar-refractivity contribution in [3.05, 3.63) is 43.0 Å². The normalized spacial score (nSPS) is 32.0. The summed E-state index contributed by atoms with van der Waals surface area (Å²) in [6, 6.07) is 9.00. The lowest BCUT2D eigenvalue weighted by molar-refractivity contribution is -0.944. The number of piperidine rings is 3. The molecule has 0 radical (unpaired) electrons. The Morgan fingerprint density at radius 1 is 1.33 bits per heavy atom. The molecule has 0 spiro atoms. The fourth-order valence-corrected chi connectivity index (χ4v) is 4.85. The number of benzene rings is 1. The zero-order chi connectivity index (χ0) is 14.9. The number of fused-ring (bicyclic) bond motifs is 3. The largest absolute Gasteiger partial charge is 0.331 e. The van der Waals surface area contributed by atoms with Gasteiger partial charge in [0.15, 0.2) is 0 Å². The van der Waals surface area contributed by atoms with E-state index in [0.29, 0.717) is 29.3 Å². The van der Waals surface area contributed by atoms with Gasteiger partial charge in [-0.05, 0) is 18.1 Å². The van der Waals surface area contributed by atoms with E-state index in [1.807, 2.05) is 6.07 Å². The molecule has 0 aliphatic carbocycles. The molecule has 4 atom stereocenters. The molecule has 0 amide bonds. The Balaban J connectivity index is 1.63. The van der Waals surface area contributed by atoms with Gasteiger partial charge in [0.05, 0.1) is 24.5 Å². The van der Waals surface area contributed by atoms with Gasteiger partial charge in [0, 0.05) is 18.8 Å². The number of rotatable bonds is 5. The lowest BCUT2D eigenvalue weighted by Crippen LogP contribution is -3.20. The van der Waals surface area contributed by atoms with E-state index in [0.717, 1.165) is 19.5 Å². The first-order valence-corrected chi connectivity index (χ1v) is 9.10. The maximum absolute atomic E-state index is 12.3. The van der Waals surface area contributed by atoms with Gasteiger partial charge < -0.3 is 4.90 Å². The predicted molar refractivity (Wildman–Crippen MR) is 82.5 cm³/mol. The van der Waals surface area contributed by atoms with Crippen molar-refractivity contribution in [3.63, 3.8) is 0 Å². The molecule has 5 heteroatoms. The molecule has 0 saturated carbocycles. The fourth-order valence-electron chi connectivity index (χ4n) is 3.75. The molecule has 4 nitrogen and oxygen atoms in total. The first-order chi connectivity index (χ1) is 10.1. The molecule has 3 aliphatic rings. The first-order valence-electron chi connectivity index (χ1n) is 7.62. The molecule has 0 aromatic heterocycles. The zero-order valence-electron chi connectivity index (χ0n) is 12.2. The van der Waals surface area contributed by atoms with Crippen molar-refractivity contribution >= 4 is 10.0 Å². The molecule has 3 aliphatic heterocycles. The van der Waals surface area contributed by atoms with Crippen LogP contribution in [0, 0.1) is 11.8 Å². The maximum atomic E-state index is 12.3. The summed E-state index contributed by atoms with van der Waals surface area (Å²) in [5.74, 6) is 1.29. The highest BCUT2D eigenvalue weighted by molar-refractivity contribution is 7.89. The van der Waals surface area contributed by atoms with E-state index in [2.05, 4.69) is 17.4 Å². The molecule has 21 heavy (non-hydrogen) atoms. The van der Waals surface area contributed by atoms with Crippen LogP contribution in [0.2, 0.25) is 0 Å². The van der Waals surface area contributed by atoms with E-state index in [4.69, 9.17) is 0 Å². The topological polar surface area (TPSA) is 50.6 Å². The fraction of sp³-hybridized carbons (Fsp3) is 0.500. The molecular weight excluding hydrogens is 284 g/mol. The summed E-state index contributed by atoms with van der Waals surface area (Å²) in [6.07, 6.45) is 4.42. The summed E-state index contributed by atoms with van der Waals surface area (Å²) in [5, 5.41) is 0. The minimum Gasteiger partial charge on any atom is -0.331 e. The van der Waals surface area contributed by atoms with Crippen LogP contribution >= 0.6 is 0 Å². The van der Waals surface area contributed by atoms with E-state index >= 15 is 0 Å². The first kappa shape index (κ1) is 14.8. The van der Waals surface area contributed by atoms with Gasteiger partial charge in [0.25, 0.3) is 0 Å². The lowest BCUT2D eigenvalue weighted by atomic mass is 9.76. The Labute approximate surface area is 126 Å². The summed E-state index contributed by atoms with van der Waals surface area (Å²) in [6.45, 7) is 6.73. The highest BCUT2D eigenvalue weighted by Gasteiger charge is 2.42. The molecule has 3 heterocycles. The second kappa shape index (κ2) is 5.91. The maximum Gasteiger partial charge on any atom is 0.240 e. The third-order valence-electron chi connectivity index (χ3n) is 4.98. The van der Waals surface area contributed by atoms with Crippen molar-refractivity contribution in [2.45, 2.75) is 23.8 Å². The lowest BCUT2D eigenvalue weighted by Gasteiger charge is -2.46. The highest BCUT2D eigenvalue weighted by atomic mass is 32.2. The van der Waals surface area contributed by atoms with Crippen molar-refractivity contribution < 1.29 is 13.3 Å².